The fourth-order valence-electron chi connectivity index (χ4n) is 1.88. The number of carbonyl (C=O) groups excluding carboxylic acids is 2. The second kappa shape index (κ2) is 7.12. The Labute approximate surface area is 134 Å². The molecule has 0 aromatic heterocycles. The number of nitrogens with one attached hydrogen (secondary N) is 2. The van der Waals surface area contributed by atoms with E-state index < -0.39 is 35.1 Å². The lowest BCUT2D eigenvalue weighted by molar-refractivity contribution is -0.138. The highest BCUT2D eigenvalue weighted by atomic mass is 19.4. The van der Waals surface area contributed by atoms with Crippen molar-refractivity contribution in [3.05, 3.63) is 65.5 Å². The molecule has 2 rings (SSSR count). The Balaban J connectivity index is 2.00. The molecule has 0 atom stereocenters. The number of para-hydroxylation sites is 1. The van der Waals surface area contributed by atoms with Crippen molar-refractivity contribution in [1.82, 2.24) is 5.32 Å². The molecule has 2 aromatic rings. The van der Waals surface area contributed by atoms with E-state index in [0.717, 1.165) is 12.1 Å². The molecule has 0 saturated heterocycles. The maximum absolute atomic E-state index is 12.8. The Bertz CT molecular complexity index is 742. The van der Waals surface area contributed by atoms with Gasteiger partial charge in [0.25, 0.3) is 0 Å². The van der Waals surface area contributed by atoms with Crippen molar-refractivity contribution in [3.63, 3.8) is 0 Å². The fourth-order valence-corrected chi connectivity index (χ4v) is 1.88. The quantitative estimate of drug-likeness (QED) is 0.666. The number of hydrogen-bond donors (Lipinski definition) is 2. The molecule has 2 aromatic carbocycles. The number of halogens is 4. The zero-order chi connectivity index (χ0) is 17.7. The third-order valence-electron chi connectivity index (χ3n) is 3.05. The van der Waals surface area contributed by atoms with Crippen LogP contribution in [0.1, 0.15) is 11.1 Å². The number of anilines is 1. The van der Waals surface area contributed by atoms with Crippen molar-refractivity contribution < 1.29 is 27.2 Å². The first kappa shape index (κ1) is 17.5. The molecule has 126 valence electrons. The van der Waals surface area contributed by atoms with Crippen LogP contribution in [0.15, 0.2) is 48.5 Å². The standard InChI is InChI=1S/C16H12F4N2O2/c17-11-7-5-10(6-8-11)9-21-14(23)15(24)22-13-4-2-1-3-12(13)16(18,19)20/h1-8H,9H2,(H,21,23)(H,22,24). The van der Waals surface area contributed by atoms with Gasteiger partial charge in [0.05, 0.1) is 11.3 Å². The van der Waals surface area contributed by atoms with E-state index in [1.165, 1.54) is 36.4 Å². The lowest BCUT2D eigenvalue weighted by atomic mass is 10.1. The minimum atomic E-state index is -4.66. The Morgan fingerprint density at radius 3 is 2.17 bits per heavy atom. The van der Waals surface area contributed by atoms with E-state index in [1.54, 1.807) is 0 Å². The molecule has 0 spiro atoms. The summed E-state index contributed by atoms with van der Waals surface area (Å²) in [4.78, 5) is 23.4. The minimum Gasteiger partial charge on any atom is -0.344 e. The molecule has 2 N–H and O–H groups in total. The average molecular weight is 340 g/mol. The summed E-state index contributed by atoms with van der Waals surface area (Å²) >= 11 is 0. The van der Waals surface area contributed by atoms with Crippen molar-refractivity contribution in [1.29, 1.82) is 0 Å². The van der Waals surface area contributed by atoms with Crippen LogP contribution < -0.4 is 10.6 Å². The maximum Gasteiger partial charge on any atom is 0.418 e. The summed E-state index contributed by atoms with van der Waals surface area (Å²) < 4.78 is 51.2. The van der Waals surface area contributed by atoms with Crippen LogP contribution in [0.4, 0.5) is 23.2 Å². The van der Waals surface area contributed by atoms with E-state index in [9.17, 15) is 27.2 Å². The van der Waals surface area contributed by atoms with Gasteiger partial charge in [-0.25, -0.2) is 4.39 Å². The summed E-state index contributed by atoms with van der Waals surface area (Å²) in [5.74, 6) is -2.78. The number of benzene rings is 2. The van der Waals surface area contributed by atoms with Crippen LogP contribution in [0.3, 0.4) is 0 Å². The zero-order valence-corrected chi connectivity index (χ0v) is 12.2. The highest BCUT2D eigenvalue weighted by Gasteiger charge is 2.33. The number of amides is 2. The summed E-state index contributed by atoms with van der Waals surface area (Å²) in [6.45, 7) is -0.0621. The van der Waals surface area contributed by atoms with E-state index in [1.807, 2.05) is 5.32 Å². The van der Waals surface area contributed by atoms with Crippen LogP contribution >= 0.6 is 0 Å². The Kier molecular flexibility index (Phi) is 5.18. The van der Waals surface area contributed by atoms with Gasteiger partial charge in [-0.05, 0) is 29.8 Å². The Hall–Kier alpha value is -2.90. The molecule has 0 radical (unpaired) electrons. The lowest BCUT2D eigenvalue weighted by Gasteiger charge is -2.13. The van der Waals surface area contributed by atoms with E-state index in [-0.39, 0.29) is 6.54 Å². The number of rotatable bonds is 3. The van der Waals surface area contributed by atoms with Gasteiger partial charge in [-0.3, -0.25) is 9.59 Å². The van der Waals surface area contributed by atoms with Gasteiger partial charge in [-0.15, -0.1) is 0 Å². The zero-order valence-electron chi connectivity index (χ0n) is 12.2. The van der Waals surface area contributed by atoms with Crippen LogP contribution in [0, 0.1) is 5.82 Å². The largest absolute Gasteiger partial charge is 0.418 e. The van der Waals surface area contributed by atoms with Crippen molar-refractivity contribution in [2.24, 2.45) is 0 Å². The van der Waals surface area contributed by atoms with Gasteiger partial charge in [0.1, 0.15) is 5.82 Å². The van der Waals surface area contributed by atoms with Crippen LogP contribution in [0.5, 0.6) is 0 Å². The lowest BCUT2D eigenvalue weighted by Crippen LogP contribution is -2.35. The Morgan fingerprint density at radius 1 is 0.917 bits per heavy atom. The maximum atomic E-state index is 12.8. The summed E-state index contributed by atoms with van der Waals surface area (Å²) in [6, 6.07) is 9.51. The summed E-state index contributed by atoms with van der Waals surface area (Å²) in [6.07, 6.45) is -4.66. The molecular weight excluding hydrogens is 328 g/mol. The molecule has 0 aliphatic rings. The summed E-state index contributed by atoms with van der Waals surface area (Å²) in [7, 11) is 0. The molecule has 0 heterocycles. The van der Waals surface area contributed by atoms with E-state index >= 15 is 0 Å². The summed E-state index contributed by atoms with van der Waals surface area (Å²) in [5, 5.41) is 4.17. The van der Waals surface area contributed by atoms with E-state index in [4.69, 9.17) is 0 Å². The molecule has 0 saturated carbocycles. The van der Waals surface area contributed by atoms with Gasteiger partial charge in [-0.2, -0.15) is 13.2 Å². The molecule has 8 heteroatoms. The normalized spacial score (nSPS) is 11.0. The number of carbonyl (C=O) groups is 2. The van der Waals surface area contributed by atoms with Gasteiger partial charge in [0, 0.05) is 6.54 Å². The van der Waals surface area contributed by atoms with Crippen molar-refractivity contribution in [2.75, 3.05) is 5.32 Å². The van der Waals surface area contributed by atoms with Crippen molar-refractivity contribution >= 4 is 17.5 Å². The third kappa shape index (κ3) is 4.55. The number of hydrogen-bond acceptors (Lipinski definition) is 2. The fraction of sp³-hybridized carbons (Fsp3) is 0.125. The molecule has 4 nitrogen and oxygen atoms in total. The van der Waals surface area contributed by atoms with Gasteiger partial charge in [-0.1, -0.05) is 24.3 Å². The predicted octanol–water partition coefficient (Wildman–Crippen LogP) is 3.10. The topological polar surface area (TPSA) is 58.2 Å². The number of alkyl halides is 3. The average Bonchev–Trinajstić information content (AvgIpc) is 2.53. The first-order chi connectivity index (χ1) is 11.3. The SMILES string of the molecule is O=C(NCc1ccc(F)cc1)C(=O)Nc1ccccc1C(F)(F)F. The van der Waals surface area contributed by atoms with Crippen molar-refractivity contribution in [2.45, 2.75) is 12.7 Å². The first-order valence-corrected chi connectivity index (χ1v) is 6.77. The van der Waals surface area contributed by atoms with Crippen LogP contribution in [0.25, 0.3) is 0 Å². The molecule has 2 amide bonds. The molecule has 0 aliphatic heterocycles. The predicted molar refractivity (Wildman–Crippen MR) is 78.3 cm³/mol. The molecule has 0 aliphatic carbocycles. The third-order valence-corrected chi connectivity index (χ3v) is 3.05. The second-order valence-electron chi connectivity index (χ2n) is 4.81. The molecule has 0 bridgehead atoms. The van der Waals surface area contributed by atoms with E-state index in [2.05, 4.69) is 5.32 Å². The van der Waals surface area contributed by atoms with Crippen LogP contribution in [0.2, 0.25) is 0 Å². The Morgan fingerprint density at radius 2 is 1.54 bits per heavy atom. The van der Waals surface area contributed by atoms with Gasteiger partial charge >= 0.3 is 18.0 Å². The second-order valence-corrected chi connectivity index (χ2v) is 4.81. The monoisotopic (exact) mass is 340 g/mol. The molecule has 0 unspecified atom stereocenters. The minimum absolute atomic E-state index is 0.0621. The van der Waals surface area contributed by atoms with Crippen molar-refractivity contribution in [3.8, 4) is 0 Å². The van der Waals surface area contributed by atoms with Crippen LogP contribution in [-0.4, -0.2) is 11.8 Å². The summed E-state index contributed by atoms with van der Waals surface area (Å²) in [5.41, 5.74) is -1.02. The van der Waals surface area contributed by atoms with Gasteiger partial charge < -0.3 is 10.6 Å². The molecule has 0 fully saturated rings. The highest BCUT2D eigenvalue weighted by molar-refractivity contribution is 6.39. The van der Waals surface area contributed by atoms with Gasteiger partial charge in [0.2, 0.25) is 0 Å². The van der Waals surface area contributed by atoms with E-state index in [0.29, 0.717) is 5.56 Å². The molecular formula is C16H12F4N2O2. The van der Waals surface area contributed by atoms with Gasteiger partial charge in [0.15, 0.2) is 0 Å². The smallest absolute Gasteiger partial charge is 0.344 e. The highest BCUT2D eigenvalue weighted by Crippen LogP contribution is 2.34. The first-order valence-electron chi connectivity index (χ1n) is 6.77. The molecule has 24 heavy (non-hydrogen) atoms. The van der Waals surface area contributed by atoms with Crippen LogP contribution in [-0.2, 0) is 22.3 Å².